The maximum atomic E-state index is 13.1. The molecule has 0 bridgehead atoms. The summed E-state index contributed by atoms with van der Waals surface area (Å²) in [7, 11) is -3.50. The van der Waals surface area contributed by atoms with E-state index in [0.717, 1.165) is 11.3 Å². The van der Waals surface area contributed by atoms with E-state index in [9.17, 15) is 17.6 Å². The van der Waals surface area contributed by atoms with Gasteiger partial charge in [0.25, 0.3) is 0 Å². The monoisotopic (exact) mass is 457 g/mol. The first kappa shape index (κ1) is 22.5. The molecule has 0 radical (unpaired) electrons. The third-order valence-corrected chi connectivity index (χ3v) is 7.74. The van der Waals surface area contributed by atoms with E-state index in [-0.39, 0.29) is 17.6 Å². The normalized spacial score (nSPS) is 18.9. The third-order valence-electron chi connectivity index (χ3n) is 6.18. The second kappa shape index (κ2) is 9.83. The van der Waals surface area contributed by atoms with Gasteiger partial charge in [-0.05, 0) is 48.7 Å². The molecule has 0 saturated carbocycles. The van der Waals surface area contributed by atoms with Crippen LogP contribution < -0.4 is 4.90 Å². The topological polar surface area (TPSA) is 60.9 Å². The first-order valence-electron chi connectivity index (χ1n) is 10.9. The van der Waals surface area contributed by atoms with Gasteiger partial charge < -0.3 is 9.80 Å². The van der Waals surface area contributed by atoms with E-state index >= 15 is 0 Å². The molecule has 2 aromatic rings. The number of carbonyl (C=O) groups excluding carboxylic acids is 1. The highest BCUT2D eigenvalue weighted by molar-refractivity contribution is 7.92. The van der Waals surface area contributed by atoms with Crippen LogP contribution in [0.5, 0.6) is 0 Å². The molecule has 2 aliphatic heterocycles. The number of piperidine rings is 1. The molecule has 0 aliphatic carbocycles. The molecule has 6 nitrogen and oxygen atoms in total. The Bertz CT molecular complexity index is 1040. The number of anilines is 1. The molecule has 2 heterocycles. The maximum Gasteiger partial charge on any atom is 0.236 e. The molecule has 170 valence electrons. The lowest BCUT2D eigenvalue weighted by atomic mass is 9.96. The van der Waals surface area contributed by atoms with Gasteiger partial charge in [0.15, 0.2) is 0 Å². The second-order valence-electron chi connectivity index (χ2n) is 8.22. The summed E-state index contributed by atoms with van der Waals surface area (Å²) >= 11 is 0. The van der Waals surface area contributed by atoms with Crippen molar-refractivity contribution in [1.82, 2.24) is 9.21 Å². The lowest BCUT2D eigenvalue weighted by Gasteiger charge is -2.39. The molecule has 32 heavy (non-hydrogen) atoms. The van der Waals surface area contributed by atoms with Crippen molar-refractivity contribution in [3.8, 4) is 0 Å². The minimum Gasteiger partial charge on any atom is -0.368 e. The van der Waals surface area contributed by atoms with Gasteiger partial charge in [-0.1, -0.05) is 30.3 Å². The van der Waals surface area contributed by atoms with Crippen LogP contribution in [0.3, 0.4) is 0 Å². The first-order chi connectivity index (χ1) is 15.4. The summed E-state index contributed by atoms with van der Waals surface area (Å²) in [5, 5.41) is 1.25. The summed E-state index contributed by atoms with van der Waals surface area (Å²) < 4.78 is 39.9. The van der Waals surface area contributed by atoms with Crippen molar-refractivity contribution < 1.29 is 17.6 Å². The van der Waals surface area contributed by atoms with Gasteiger partial charge in [0, 0.05) is 56.3 Å². The Kier molecular flexibility index (Phi) is 6.91. The first-order valence-corrected chi connectivity index (χ1v) is 12.5. The lowest BCUT2D eigenvalue weighted by molar-refractivity contribution is -0.137. The van der Waals surface area contributed by atoms with Crippen LogP contribution in [-0.4, -0.2) is 62.8 Å². The summed E-state index contributed by atoms with van der Waals surface area (Å²) in [5.74, 6) is -0.288. The molecule has 0 spiro atoms. The molecule has 1 amide bonds. The molecule has 2 saturated heterocycles. The zero-order chi connectivity index (χ0) is 22.6. The third kappa shape index (κ3) is 5.37. The highest BCUT2D eigenvalue weighted by atomic mass is 32.2. The largest absolute Gasteiger partial charge is 0.368 e. The molecular formula is C24H28FN3O3S. The average Bonchev–Trinajstić information content (AvgIpc) is 2.84. The van der Waals surface area contributed by atoms with Crippen LogP contribution in [-0.2, 0) is 14.8 Å². The molecule has 0 unspecified atom stereocenters. The quantitative estimate of drug-likeness (QED) is 0.692. The number of hydrogen-bond donors (Lipinski definition) is 0. The molecule has 2 fully saturated rings. The molecule has 2 aromatic carbocycles. The maximum absolute atomic E-state index is 13.1. The van der Waals surface area contributed by atoms with Crippen LogP contribution >= 0.6 is 0 Å². The predicted octanol–water partition coefficient (Wildman–Crippen LogP) is 3.19. The summed E-state index contributed by atoms with van der Waals surface area (Å²) in [6.07, 6.45) is 2.68. The molecule has 8 heteroatoms. The Morgan fingerprint density at radius 3 is 2.12 bits per heavy atom. The van der Waals surface area contributed by atoms with Gasteiger partial charge in [-0.2, -0.15) is 4.31 Å². The molecular weight excluding hydrogens is 429 g/mol. The SMILES string of the molecule is O=C(C1CCN(S(=O)(=O)/C=C/c2ccccc2)CC1)N1CCN(c2ccc(F)cc2)CC1. The number of carbonyl (C=O) groups is 1. The molecule has 0 atom stereocenters. The second-order valence-corrected chi connectivity index (χ2v) is 10.0. The zero-order valence-corrected chi connectivity index (χ0v) is 18.8. The van der Waals surface area contributed by atoms with E-state index in [1.54, 1.807) is 18.2 Å². The average molecular weight is 458 g/mol. The van der Waals surface area contributed by atoms with Crippen molar-refractivity contribution in [3.05, 3.63) is 71.4 Å². The highest BCUT2D eigenvalue weighted by Gasteiger charge is 2.33. The van der Waals surface area contributed by atoms with Crippen LogP contribution in [0, 0.1) is 11.7 Å². The van der Waals surface area contributed by atoms with Crippen LogP contribution in [0.1, 0.15) is 18.4 Å². The van der Waals surface area contributed by atoms with Crippen LogP contribution in [0.25, 0.3) is 6.08 Å². The summed E-state index contributed by atoms with van der Waals surface area (Å²) in [6.45, 7) is 3.35. The fraction of sp³-hybridized carbons (Fsp3) is 0.375. The minimum atomic E-state index is -3.50. The summed E-state index contributed by atoms with van der Waals surface area (Å²) in [5.41, 5.74) is 1.79. The zero-order valence-electron chi connectivity index (χ0n) is 17.9. The van der Waals surface area contributed by atoms with E-state index < -0.39 is 10.0 Å². The van der Waals surface area contributed by atoms with Crippen molar-refractivity contribution >= 4 is 27.7 Å². The van der Waals surface area contributed by atoms with Gasteiger partial charge in [0.1, 0.15) is 5.82 Å². The van der Waals surface area contributed by atoms with E-state index in [4.69, 9.17) is 0 Å². The Morgan fingerprint density at radius 2 is 1.50 bits per heavy atom. The fourth-order valence-corrected chi connectivity index (χ4v) is 5.49. The van der Waals surface area contributed by atoms with Crippen LogP contribution in [0.4, 0.5) is 10.1 Å². The number of rotatable bonds is 5. The Labute approximate surface area is 189 Å². The predicted molar refractivity (Wildman–Crippen MR) is 124 cm³/mol. The van der Waals surface area contributed by atoms with Gasteiger partial charge in [-0.15, -0.1) is 0 Å². The Balaban J connectivity index is 1.27. The van der Waals surface area contributed by atoms with Gasteiger partial charge >= 0.3 is 0 Å². The number of nitrogens with zero attached hydrogens (tertiary/aromatic N) is 3. The van der Waals surface area contributed by atoms with Crippen molar-refractivity contribution in [2.24, 2.45) is 5.92 Å². The van der Waals surface area contributed by atoms with Crippen molar-refractivity contribution in [3.63, 3.8) is 0 Å². The molecule has 2 aliphatic rings. The van der Waals surface area contributed by atoms with Crippen molar-refractivity contribution in [1.29, 1.82) is 0 Å². The van der Waals surface area contributed by atoms with Crippen molar-refractivity contribution in [2.45, 2.75) is 12.8 Å². The highest BCUT2D eigenvalue weighted by Crippen LogP contribution is 2.24. The summed E-state index contributed by atoms with van der Waals surface area (Å²) in [6, 6.07) is 15.7. The number of amides is 1. The van der Waals surface area contributed by atoms with E-state index in [1.165, 1.54) is 21.8 Å². The van der Waals surface area contributed by atoms with Gasteiger partial charge in [0.05, 0.1) is 0 Å². The fourth-order valence-electron chi connectivity index (χ4n) is 4.27. The summed E-state index contributed by atoms with van der Waals surface area (Å²) in [4.78, 5) is 17.0. The van der Waals surface area contributed by atoms with Crippen LogP contribution in [0.2, 0.25) is 0 Å². The van der Waals surface area contributed by atoms with Gasteiger partial charge in [-0.3, -0.25) is 4.79 Å². The Hall–Kier alpha value is -2.71. The number of hydrogen-bond acceptors (Lipinski definition) is 4. The van der Waals surface area contributed by atoms with Gasteiger partial charge in [-0.25, -0.2) is 12.8 Å². The Morgan fingerprint density at radius 1 is 0.875 bits per heavy atom. The number of benzene rings is 2. The van der Waals surface area contributed by atoms with Gasteiger partial charge in [0.2, 0.25) is 15.9 Å². The van der Waals surface area contributed by atoms with E-state index in [0.29, 0.717) is 52.1 Å². The smallest absolute Gasteiger partial charge is 0.236 e. The lowest BCUT2D eigenvalue weighted by Crippen LogP contribution is -2.52. The molecule has 0 aromatic heterocycles. The number of sulfonamides is 1. The number of piperazine rings is 1. The molecule has 4 rings (SSSR count). The van der Waals surface area contributed by atoms with Crippen molar-refractivity contribution in [2.75, 3.05) is 44.2 Å². The molecule has 0 N–H and O–H groups in total. The minimum absolute atomic E-state index is 0.112. The van der Waals surface area contributed by atoms with E-state index in [1.807, 2.05) is 35.2 Å². The number of halogens is 1. The van der Waals surface area contributed by atoms with E-state index in [2.05, 4.69) is 4.90 Å². The standard InChI is InChI=1S/C24H28FN3O3S/c25-22-6-8-23(9-7-22)26-15-17-27(18-16-26)24(29)21-10-13-28(14-11-21)32(30,31)19-12-20-4-2-1-3-5-20/h1-9,12,19,21H,10-11,13-18H2/b19-12+. The van der Waals surface area contributed by atoms with Crippen LogP contribution in [0.15, 0.2) is 60.0 Å².